The second-order valence-corrected chi connectivity index (χ2v) is 4.61. The van der Waals surface area contributed by atoms with E-state index in [0.717, 1.165) is 12.0 Å². The Labute approximate surface area is 111 Å². The Morgan fingerprint density at radius 1 is 1.32 bits per heavy atom. The average molecular weight is 263 g/mol. The van der Waals surface area contributed by atoms with Gasteiger partial charge in [0.1, 0.15) is 12.6 Å². The smallest absolute Gasteiger partial charge is 0.320 e. The number of aliphatic carboxylic acids is 1. The lowest BCUT2D eigenvalue weighted by Crippen LogP contribution is -2.39. The van der Waals surface area contributed by atoms with Crippen molar-refractivity contribution < 1.29 is 19.4 Å². The predicted molar refractivity (Wildman–Crippen MR) is 68.5 cm³/mol. The second kappa shape index (κ2) is 6.33. The SMILES string of the molecule is O=C(CN1CCC[C@H]1C(=O)O)OCc1ccccc1. The Balaban J connectivity index is 1.80. The molecule has 0 amide bonds. The van der Waals surface area contributed by atoms with Gasteiger partial charge in [-0.05, 0) is 24.9 Å². The van der Waals surface area contributed by atoms with E-state index in [1.54, 1.807) is 4.90 Å². The molecule has 0 radical (unpaired) electrons. The van der Waals surface area contributed by atoms with Crippen LogP contribution >= 0.6 is 0 Å². The summed E-state index contributed by atoms with van der Waals surface area (Å²) in [5.74, 6) is -1.25. The highest BCUT2D eigenvalue weighted by atomic mass is 16.5. The number of nitrogens with zero attached hydrogens (tertiary/aromatic N) is 1. The molecule has 1 aromatic carbocycles. The van der Waals surface area contributed by atoms with Gasteiger partial charge in [-0.2, -0.15) is 0 Å². The maximum Gasteiger partial charge on any atom is 0.320 e. The van der Waals surface area contributed by atoms with Crippen LogP contribution in [0, 0.1) is 0 Å². The number of likely N-dealkylation sites (tertiary alicyclic amines) is 1. The molecule has 1 N–H and O–H groups in total. The van der Waals surface area contributed by atoms with Crippen LogP contribution < -0.4 is 0 Å². The summed E-state index contributed by atoms with van der Waals surface area (Å²) in [6.07, 6.45) is 1.41. The van der Waals surface area contributed by atoms with Gasteiger partial charge in [-0.1, -0.05) is 30.3 Å². The number of benzene rings is 1. The zero-order valence-electron chi connectivity index (χ0n) is 10.6. The van der Waals surface area contributed by atoms with Crippen molar-refractivity contribution in [2.75, 3.05) is 13.1 Å². The average Bonchev–Trinajstić information content (AvgIpc) is 2.86. The molecule has 1 atom stereocenters. The second-order valence-electron chi connectivity index (χ2n) is 4.61. The largest absolute Gasteiger partial charge is 0.480 e. The molecule has 2 rings (SSSR count). The molecule has 1 fully saturated rings. The van der Waals surface area contributed by atoms with E-state index in [-0.39, 0.29) is 19.1 Å². The molecule has 0 bridgehead atoms. The fourth-order valence-corrected chi connectivity index (χ4v) is 2.24. The van der Waals surface area contributed by atoms with Crippen molar-refractivity contribution in [3.05, 3.63) is 35.9 Å². The van der Waals surface area contributed by atoms with E-state index in [0.29, 0.717) is 13.0 Å². The lowest BCUT2D eigenvalue weighted by atomic mass is 10.2. The minimum atomic E-state index is -0.867. The molecule has 19 heavy (non-hydrogen) atoms. The Morgan fingerprint density at radius 2 is 2.05 bits per heavy atom. The number of esters is 1. The van der Waals surface area contributed by atoms with E-state index >= 15 is 0 Å². The Bertz CT molecular complexity index is 446. The van der Waals surface area contributed by atoms with Crippen molar-refractivity contribution in [3.8, 4) is 0 Å². The third-order valence-electron chi connectivity index (χ3n) is 3.22. The van der Waals surface area contributed by atoms with E-state index in [1.807, 2.05) is 30.3 Å². The predicted octanol–water partition coefficient (Wildman–Crippen LogP) is 1.28. The highest BCUT2D eigenvalue weighted by molar-refractivity contribution is 5.76. The molecule has 5 nitrogen and oxygen atoms in total. The van der Waals surface area contributed by atoms with Crippen LogP contribution in [0.3, 0.4) is 0 Å². The quantitative estimate of drug-likeness (QED) is 0.810. The van der Waals surface area contributed by atoms with Gasteiger partial charge in [0, 0.05) is 0 Å². The fourth-order valence-electron chi connectivity index (χ4n) is 2.24. The van der Waals surface area contributed by atoms with Gasteiger partial charge in [-0.3, -0.25) is 14.5 Å². The minimum absolute atomic E-state index is 0.0454. The van der Waals surface area contributed by atoms with Crippen LogP contribution in [-0.2, 0) is 20.9 Å². The van der Waals surface area contributed by atoms with Crippen molar-refractivity contribution >= 4 is 11.9 Å². The minimum Gasteiger partial charge on any atom is -0.480 e. The number of ether oxygens (including phenoxy) is 1. The highest BCUT2D eigenvalue weighted by Crippen LogP contribution is 2.17. The maximum atomic E-state index is 11.7. The number of carboxylic acid groups (broad SMARTS) is 1. The van der Waals surface area contributed by atoms with E-state index in [4.69, 9.17) is 9.84 Å². The standard InChI is InChI=1S/C14H17NO4/c16-13(19-10-11-5-2-1-3-6-11)9-15-8-4-7-12(15)14(17)18/h1-3,5-6,12H,4,7-10H2,(H,17,18)/t12-/m0/s1. The van der Waals surface area contributed by atoms with E-state index in [1.165, 1.54) is 0 Å². The molecule has 1 aromatic rings. The van der Waals surface area contributed by atoms with Crippen molar-refractivity contribution in [3.63, 3.8) is 0 Å². The molecular formula is C14H17NO4. The fraction of sp³-hybridized carbons (Fsp3) is 0.429. The van der Waals surface area contributed by atoms with E-state index in [9.17, 15) is 9.59 Å². The Hall–Kier alpha value is -1.88. The van der Waals surface area contributed by atoms with Crippen LogP contribution in [0.4, 0.5) is 0 Å². The molecule has 5 heteroatoms. The van der Waals surface area contributed by atoms with Gasteiger partial charge in [-0.25, -0.2) is 0 Å². The van der Waals surface area contributed by atoms with Gasteiger partial charge in [-0.15, -0.1) is 0 Å². The van der Waals surface area contributed by atoms with Gasteiger partial charge >= 0.3 is 11.9 Å². The van der Waals surface area contributed by atoms with Crippen molar-refractivity contribution in [1.82, 2.24) is 4.90 Å². The number of hydrogen-bond acceptors (Lipinski definition) is 4. The molecule has 0 saturated carbocycles. The number of carbonyl (C=O) groups is 2. The Morgan fingerprint density at radius 3 is 2.74 bits per heavy atom. The van der Waals surface area contributed by atoms with Gasteiger partial charge < -0.3 is 9.84 Å². The van der Waals surface area contributed by atoms with Crippen LogP contribution in [-0.4, -0.2) is 41.1 Å². The molecule has 1 aliphatic heterocycles. The lowest BCUT2D eigenvalue weighted by molar-refractivity contribution is -0.149. The van der Waals surface area contributed by atoms with Gasteiger partial charge in [0.15, 0.2) is 0 Å². The zero-order valence-corrected chi connectivity index (χ0v) is 10.6. The monoisotopic (exact) mass is 263 g/mol. The van der Waals surface area contributed by atoms with Crippen LogP contribution in [0.1, 0.15) is 18.4 Å². The summed E-state index contributed by atoms with van der Waals surface area (Å²) >= 11 is 0. The molecular weight excluding hydrogens is 246 g/mol. The summed E-state index contributed by atoms with van der Waals surface area (Å²) in [7, 11) is 0. The molecule has 0 aromatic heterocycles. The summed E-state index contributed by atoms with van der Waals surface area (Å²) < 4.78 is 5.14. The highest BCUT2D eigenvalue weighted by Gasteiger charge is 2.31. The molecule has 1 aliphatic rings. The third-order valence-corrected chi connectivity index (χ3v) is 3.22. The normalized spacial score (nSPS) is 19.3. The van der Waals surface area contributed by atoms with Crippen molar-refractivity contribution in [2.45, 2.75) is 25.5 Å². The number of carboxylic acids is 1. The summed E-state index contributed by atoms with van der Waals surface area (Å²) in [6.45, 7) is 0.909. The van der Waals surface area contributed by atoms with Gasteiger partial charge in [0.2, 0.25) is 0 Å². The molecule has 102 valence electrons. The van der Waals surface area contributed by atoms with E-state index in [2.05, 4.69) is 0 Å². The first-order valence-corrected chi connectivity index (χ1v) is 6.33. The summed E-state index contributed by atoms with van der Waals surface area (Å²) in [6, 6.07) is 8.86. The van der Waals surface area contributed by atoms with Crippen LogP contribution in [0.5, 0.6) is 0 Å². The first-order chi connectivity index (χ1) is 9.16. The number of rotatable bonds is 5. The van der Waals surface area contributed by atoms with Crippen LogP contribution in [0.25, 0.3) is 0 Å². The van der Waals surface area contributed by atoms with Gasteiger partial charge in [0.05, 0.1) is 6.54 Å². The molecule has 0 aliphatic carbocycles. The Kier molecular flexibility index (Phi) is 4.52. The summed E-state index contributed by atoms with van der Waals surface area (Å²) in [5.41, 5.74) is 0.923. The first kappa shape index (κ1) is 13.5. The number of hydrogen-bond donors (Lipinski definition) is 1. The molecule has 1 saturated heterocycles. The molecule has 1 heterocycles. The van der Waals surface area contributed by atoms with Crippen LogP contribution in [0.2, 0.25) is 0 Å². The van der Waals surface area contributed by atoms with Crippen LogP contribution in [0.15, 0.2) is 30.3 Å². The molecule has 0 spiro atoms. The van der Waals surface area contributed by atoms with Crippen molar-refractivity contribution in [2.24, 2.45) is 0 Å². The summed E-state index contributed by atoms with van der Waals surface area (Å²) in [5, 5.41) is 9.01. The lowest BCUT2D eigenvalue weighted by Gasteiger charge is -2.19. The number of carbonyl (C=O) groups excluding carboxylic acids is 1. The summed E-state index contributed by atoms with van der Waals surface area (Å²) in [4.78, 5) is 24.3. The maximum absolute atomic E-state index is 11.7. The third kappa shape index (κ3) is 3.79. The van der Waals surface area contributed by atoms with E-state index < -0.39 is 12.0 Å². The van der Waals surface area contributed by atoms with Gasteiger partial charge in [0.25, 0.3) is 0 Å². The first-order valence-electron chi connectivity index (χ1n) is 6.33. The molecule has 0 unspecified atom stereocenters. The van der Waals surface area contributed by atoms with Crippen molar-refractivity contribution in [1.29, 1.82) is 0 Å². The zero-order chi connectivity index (χ0) is 13.7. The topological polar surface area (TPSA) is 66.8 Å².